The molecule has 1 saturated heterocycles. The van der Waals surface area contributed by atoms with Crippen molar-refractivity contribution in [3.8, 4) is 0 Å². The average molecular weight is 257 g/mol. The van der Waals surface area contributed by atoms with Crippen LogP contribution in [0.15, 0.2) is 0 Å². The summed E-state index contributed by atoms with van der Waals surface area (Å²) in [5, 5.41) is 7.12. The summed E-state index contributed by atoms with van der Waals surface area (Å²) in [5.74, 6) is -2.76. The van der Waals surface area contributed by atoms with Gasteiger partial charge in [-0.1, -0.05) is 0 Å². The largest absolute Gasteiger partial charge is 0.490 e. The summed E-state index contributed by atoms with van der Waals surface area (Å²) in [7, 11) is 0. The highest BCUT2D eigenvalue weighted by Crippen LogP contribution is 2.13. The molecule has 1 rings (SSSR count). The topological polar surface area (TPSA) is 66.8 Å². The molecule has 17 heavy (non-hydrogen) atoms. The first-order valence-electron chi connectivity index (χ1n) is 4.81. The van der Waals surface area contributed by atoms with Crippen molar-refractivity contribution < 1.29 is 32.6 Å². The molecule has 5 nitrogen and oxygen atoms in total. The quantitative estimate of drug-likeness (QED) is 0.708. The number of hydrogen-bond acceptors (Lipinski definition) is 3. The van der Waals surface area contributed by atoms with E-state index >= 15 is 0 Å². The summed E-state index contributed by atoms with van der Waals surface area (Å²) >= 11 is 0. The van der Waals surface area contributed by atoms with Crippen molar-refractivity contribution in [1.29, 1.82) is 0 Å². The van der Waals surface area contributed by atoms with Gasteiger partial charge < -0.3 is 14.7 Å². The van der Waals surface area contributed by atoms with Crippen LogP contribution in [0.1, 0.15) is 13.8 Å². The summed E-state index contributed by atoms with van der Waals surface area (Å²) in [6.45, 7) is 5.42. The molecule has 1 N–H and O–H groups in total. The first kappa shape index (κ1) is 15.7. The monoisotopic (exact) mass is 257 g/mol. The number of alkyl halides is 3. The van der Waals surface area contributed by atoms with Gasteiger partial charge in [-0.05, 0) is 13.8 Å². The molecule has 0 aromatic carbocycles. The number of carboxylic acid groups (broad SMARTS) is 1. The highest BCUT2D eigenvalue weighted by molar-refractivity contribution is 5.73. The molecule has 100 valence electrons. The molecule has 1 aliphatic heterocycles. The van der Waals surface area contributed by atoms with Gasteiger partial charge in [0.2, 0.25) is 6.41 Å². The second-order valence-corrected chi connectivity index (χ2v) is 3.62. The van der Waals surface area contributed by atoms with Crippen LogP contribution < -0.4 is 0 Å². The van der Waals surface area contributed by atoms with E-state index in [-0.39, 0.29) is 12.2 Å². The second kappa shape index (κ2) is 6.43. The molecule has 1 heterocycles. The lowest BCUT2D eigenvalue weighted by atomic mass is 10.2. The van der Waals surface area contributed by atoms with Gasteiger partial charge in [0.1, 0.15) is 0 Å². The number of hydrogen-bond donors (Lipinski definition) is 1. The van der Waals surface area contributed by atoms with Gasteiger partial charge in [-0.2, -0.15) is 13.2 Å². The molecule has 1 fully saturated rings. The second-order valence-electron chi connectivity index (χ2n) is 3.62. The molecule has 0 spiro atoms. The lowest BCUT2D eigenvalue weighted by molar-refractivity contribution is -0.192. The number of ether oxygens (including phenoxy) is 1. The molecule has 0 radical (unpaired) electrons. The number of carboxylic acids is 1. The summed E-state index contributed by atoms with van der Waals surface area (Å²) in [5.41, 5.74) is 0. The summed E-state index contributed by atoms with van der Waals surface area (Å²) in [6.07, 6.45) is -3.82. The average Bonchev–Trinajstić information content (AvgIpc) is 2.15. The number of aliphatic carboxylic acids is 1. The van der Waals surface area contributed by atoms with Crippen molar-refractivity contribution in [2.45, 2.75) is 32.2 Å². The van der Waals surface area contributed by atoms with Gasteiger partial charge in [0.15, 0.2) is 0 Å². The van der Waals surface area contributed by atoms with E-state index in [1.807, 2.05) is 13.8 Å². The number of morpholine rings is 1. The van der Waals surface area contributed by atoms with Crippen LogP contribution >= 0.6 is 0 Å². The van der Waals surface area contributed by atoms with Gasteiger partial charge in [0.05, 0.1) is 12.2 Å². The van der Waals surface area contributed by atoms with Crippen molar-refractivity contribution in [1.82, 2.24) is 4.90 Å². The lowest BCUT2D eigenvalue weighted by Gasteiger charge is -2.32. The zero-order chi connectivity index (χ0) is 13.6. The van der Waals surface area contributed by atoms with Gasteiger partial charge in [-0.3, -0.25) is 4.79 Å². The normalized spacial score (nSPS) is 24.6. The summed E-state index contributed by atoms with van der Waals surface area (Å²) in [6, 6.07) is 0. The Morgan fingerprint density at radius 3 is 1.94 bits per heavy atom. The number of halogens is 3. The molecule has 0 bridgehead atoms. The van der Waals surface area contributed by atoms with Crippen molar-refractivity contribution >= 4 is 12.4 Å². The van der Waals surface area contributed by atoms with E-state index in [0.29, 0.717) is 0 Å². The number of carbonyl (C=O) groups is 2. The fourth-order valence-corrected chi connectivity index (χ4v) is 1.30. The number of rotatable bonds is 1. The highest BCUT2D eigenvalue weighted by atomic mass is 19.4. The maximum atomic E-state index is 10.6. The Morgan fingerprint density at radius 1 is 1.35 bits per heavy atom. The Kier molecular flexibility index (Phi) is 5.94. The SMILES string of the molecule is C[C@@H]1CN(C=O)C[C@H](C)O1.O=C(O)C(F)(F)F. The summed E-state index contributed by atoms with van der Waals surface area (Å²) < 4.78 is 37.2. The number of nitrogens with zero attached hydrogens (tertiary/aromatic N) is 1. The Bertz CT molecular complexity index is 259. The zero-order valence-corrected chi connectivity index (χ0v) is 9.40. The van der Waals surface area contributed by atoms with E-state index in [1.54, 1.807) is 4.90 Å². The van der Waals surface area contributed by atoms with E-state index in [1.165, 1.54) is 0 Å². The third-order valence-corrected chi connectivity index (χ3v) is 1.84. The van der Waals surface area contributed by atoms with Crippen molar-refractivity contribution in [2.24, 2.45) is 0 Å². The summed E-state index contributed by atoms with van der Waals surface area (Å²) in [4.78, 5) is 21.0. The van der Waals surface area contributed by atoms with Gasteiger partial charge in [0, 0.05) is 13.1 Å². The van der Waals surface area contributed by atoms with E-state index in [4.69, 9.17) is 14.6 Å². The molecular weight excluding hydrogens is 243 g/mol. The van der Waals surface area contributed by atoms with Crippen LogP contribution in [0.3, 0.4) is 0 Å². The predicted molar refractivity (Wildman–Crippen MR) is 51.3 cm³/mol. The van der Waals surface area contributed by atoms with E-state index in [0.717, 1.165) is 19.5 Å². The predicted octanol–water partition coefficient (Wildman–Crippen LogP) is 0.885. The van der Waals surface area contributed by atoms with Crippen LogP contribution in [0.25, 0.3) is 0 Å². The first-order chi connectivity index (χ1) is 7.66. The molecule has 2 atom stereocenters. The zero-order valence-electron chi connectivity index (χ0n) is 9.40. The van der Waals surface area contributed by atoms with Gasteiger partial charge in [-0.25, -0.2) is 4.79 Å². The van der Waals surface area contributed by atoms with Gasteiger partial charge in [0.25, 0.3) is 0 Å². The van der Waals surface area contributed by atoms with Crippen molar-refractivity contribution in [3.63, 3.8) is 0 Å². The molecule has 8 heteroatoms. The molecule has 0 saturated carbocycles. The molecule has 0 aromatic rings. The maximum Gasteiger partial charge on any atom is 0.490 e. The van der Waals surface area contributed by atoms with Crippen LogP contribution in [-0.2, 0) is 14.3 Å². The fourth-order valence-electron chi connectivity index (χ4n) is 1.30. The lowest BCUT2D eigenvalue weighted by Crippen LogP contribution is -2.44. The molecule has 0 unspecified atom stereocenters. The third-order valence-electron chi connectivity index (χ3n) is 1.84. The van der Waals surface area contributed by atoms with Crippen LogP contribution in [-0.4, -0.2) is 53.9 Å². The molecule has 0 aromatic heterocycles. The van der Waals surface area contributed by atoms with Crippen LogP contribution in [0, 0.1) is 0 Å². The Hall–Kier alpha value is -1.31. The first-order valence-corrected chi connectivity index (χ1v) is 4.81. The molecule has 0 aliphatic carbocycles. The van der Waals surface area contributed by atoms with Gasteiger partial charge >= 0.3 is 12.1 Å². The van der Waals surface area contributed by atoms with Crippen LogP contribution in [0.5, 0.6) is 0 Å². The van der Waals surface area contributed by atoms with E-state index in [9.17, 15) is 18.0 Å². The van der Waals surface area contributed by atoms with E-state index < -0.39 is 12.1 Å². The van der Waals surface area contributed by atoms with E-state index in [2.05, 4.69) is 0 Å². The Labute approximate surface area is 96.1 Å². The molecule has 1 amide bonds. The number of amides is 1. The van der Waals surface area contributed by atoms with Gasteiger partial charge in [-0.15, -0.1) is 0 Å². The Balaban J connectivity index is 0.000000325. The van der Waals surface area contributed by atoms with Crippen LogP contribution in [0.4, 0.5) is 13.2 Å². The fraction of sp³-hybridized carbons (Fsp3) is 0.778. The maximum absolute atomic E-state index is 10.6. The van der Waals surface area contributed by atoms with Crippen LogP contribution in [0.2, 0.25) is 0 Å². The standard InChI is InChI=1S/C7H13NO2.C2HF3O2/c1-6-3-8(5-9)4-7(2)10-6;3-2(4,5)1(6)7/h5-7H,3-4H2,1-2H3;(H,6,7)/t6-,7+;. The van der Waals surface area contributed by atoms with Crippen molar-refractivity contribution in [2.75, 3.05) is 13.1 Å². The minimum Gasteiger partial charge on any atom is -0.475 e. The number of carbonyl (C=O) groups excluding carboxylic acids is 1. The minimum atomic E-state index is -5.08. The van der Waals surface area contributed by atoms with Crippen molar-refractivity contribution in [3.05, 3.63) is 0 Å². The molecular formula is C9H14F3NO4. The third kappa shape index (κ3) is 6.77. The molecule has 1 aliphatic rings. The highest BCUT2D eigenvalue weighted by Gasteiger charge is 2.38. The smallest absolute Gasteiger partial charge is 0.475 e. The minimum absolute atomic E-state index is 0.189. The Morgan fingerprint density at radius 2 is 1.71 bits per heavy atom.